The lowest BCUT2D eigenvalue weighted by Crippen LogP contribution is -2.39. The number of nitrogens with zero attached hydrogens (tertiary/aromatic N) is 3. The molecule has 1 aliphatic carbocycles. The Kier molecular flexibility index (Phi) is 4.70. The molecule has 6 nitrogen and oxygen atoms in total. The number of para-hydroxylation sites is 1. The van der Waals surface area contributed by atoms with Gasteiger partial charge in [0.25, 0.3) is 5.91 Å². The molecule has 0 radical (unpaired) electrons. The zero-order valence-electron chi connectivity index (χ0n) is 16.5. The van der Waals surface area contributed by atoms with E-state index in [1.165, 1.54) is 31.2 Å². The summed E-state index contributed by atoms with van der Waals surface area (Å²) in [5.74, 6) is 2.31. The highest BCUT2D eigenvalue weighted by molar-refractivity contribution is 6.05. The molecule has 1 saturated heterocycles. The molecule has 2 aromatic heterocycles. The number of benzene rings is 1. The minimum Gasteiger partial charge on any atom is -0.339 e. The predicted octanol–water partition coefficient (Wildman–Crippen LogP) is 3.54. The van der Waals surface area contributed by atoms with Crippen molar-refractivity contribution < 1.29 is 4.79 Å². The Morgan fingerprint density at radius 1 is 1.14 bits per heavy atom. The number of likely N-dealkylation sites (tertiary alicyclic amines) is 1. The average molecular weight is 390 g/mol. The number of carbonyl (C=O) groups is 1. The van der Waals surface area contributed by atoms with Gasteiger partial charge in [-0.2, -0.15) is 0 Å². The Hall–Kier alpha value is -2.89. The highest BCUT2D eigenvalue weighted by atomic mass is 16.2. The first-order valence-corrected chi connectivity index (χ1v) is 10.6. The van der Waals surface area contributed by atoms with Crippen LogP contribution in [0.3, 0.4) is 0 Å². The van der Waals surface area contributed by atoms with Crippen LogP contribution in [0.5, 0.6) is 0 Å². The normalized spacial score (nSPS) is 18.1. The molecule has 2 aliphatic rings. The highest BCUT2D eigenvalue weighted by Crippen LogP contribution is 2.32. The third-order valence-electron chi connectivity index (χ3n) is 6.56. The second-order valence-corrected chi connectivity index (χ2v) is 8.39. The number of hydrogen-bond donors (Lipinski definition) is 1. The smallest absolute Gasteiger partial charge is 0.254 e. The van der Waals surface area contributed by atoms with Gasteiger partial charge < -0.3 is 14.5 Å². The molecule has 3 aromatic rings. The van der Waals surface area contributed by atoms with Gasteiger partial charge >= 0.3 is 0 Å². The molecule has 29 heavy (non-hydrogen) atoms. The van der Waals surface area contributed by atoms with Gasteiger partial charge in [0.05, 0.1) is 5.56 Å². The van der Waals surface area contributed by atoms with Crippen LogP contribution in [0.15, 0.2) is 47.5 Å². The summed E-state index contributed by atoms with van der Waals surface area (Å²) in [5.41, 5.74) is 0.963. The molecule has 0 bridgehead atoms. The molecule has 1 aromatic carbocycles. The van der Waals surface area contributed by atoms with E-state index in [1.54, 1.807) is 0 Å². The second kappa shape index (κ2) is 7.50. The van der Waals surface area contributed by atoms with Crippen LogP contribution >= 0.6 is 0 Å². The predicted molar refractivity (Wildman–Crippen MR) is 112 cm³/mol. The molecule has 6 heteroatoms. The summed E-state index contributed by atoms with van der Waals surface area (Å²) in [6, 6.07) is 8.92. The van der Waals surface area contributed by atoms with Crippen LogP contribution in [0, 0.1) is 5.92 Å². The molecule has 1 N–H and O–H groups in total. The van der Waals surface area contributed by atoms with Crippen LogP contribution in [-0.2, 0) is 6.54 Å². The first-order valence-electron chi connectivity index (χ1n) is 10.6. The van der Waals surface area contributed by atoms with Crippen LogP contribution < -0.4 is 5.56 Å². The van der Waals surface area contributed by atoms with Crippen LogP contribution in [-0.4, -0.2) is 38.4 Å². The number of fused-ring (bicyclic) bond motifs is 1. The molecule has 1 aliphatic heterocycles. The summed E-state index contributed by atoms with van der Waals surface area (Å²) >= 11 is 0. The number of carbonyl (C=O) groups excluding carboxylic acids is 1. The Morgan fingerprint density at radius 2 is 1.93 bits per heavy atom. The number of hydrogen-bond acceptors (Lipinski definition) is 3. The minimum atomic E-state index is -0.236. The van der Waals surface area contributed by atoms with Gasteiger partial charge in [-0.1, -0.05) is 24.6 Å². The zero-order valence-corrected chi connectivity index (χ0v) is 16.5. The van der Waals surface area contributed by atoms with Crippen molar-refractivity contribution in [3.63, 3.8) is 0 Å². The summed E-state index contributed by atoms with van der Waals surface area (Å²) in [6.45, 7) is 2.47. The topological polar surface area (TPSA) is 71.0 Å². The number of pyridine rings is 1. The lowest BCUT2D eigenvalue weighted by Gasteiger charge is -2.33. The number of piperidine rings is 1. The summed E-state index contributed by atoms with van der Waals surface area (Å²) < 4.78 is 2.33. The van der Waals surface area contributed by atoms with Crippen molar-refractivity contribution in [2.75, 3.05) is 13.1 Å². The first kappa shape index (κ1) is 18.2. The number of nitrogens with one attached hydrogen (secondary N) is 1. The van der Waals surface area contributed by atoms with E-state index in [0.29, 0.717) is 30.1 Å². The van der Waals surface area contributed by atoms with Gasteiger partial charge in [0.15, 0.2) is 0 Å². The van der Waals surface area contributed by atoms with Gasteiger partial charge in [-0.15, -0.1) is 0 Å². The zero-order chi connectivity index (χ0) is 19.8. The second-order valence-electron chi connectivity index (χ2n) is 8.39. The fourth-order valence-electron chi connectivity index (χ4n) is 4.68. The molecule has 2 fully saturated rings. The van der Waals surface area contributed by atoms with Crippen LogP contribution in [0.1, 0.15) is 54.2 Å². The van der Waals surface area contributed by atoms with E-state index in [9.17, 15) is 9.59 Å². The van der Waals surface area contributed by atoms with Crippen molar-refractivity contribution in [3.05, 3.63) is 64.5 Å². The third kappa shape index (κ3) is 3.48. The maximum absolute atomic E-state index is 13.2. The van der Waals surface area contributed by atoms with Crippen LogP contribution in [0.25, 0.3) is 10.9 Å². The van der Waals surface area contributed by atoms with E-state index >= 15 is 0 Å². The first-order chi connectivity index (χ1) is 14.2. The molecule has 5 rings (SSSR count). The monoisotopic (exact) mass is 390 g/mol. The summed E-state index contributed by atoms with van der Waals surface area (Å²) in [7, 11) is 0. The molecular weight excluding hydrogens is 364 g/mol. The molecular formula is C23H26N4O2. The fraction of sp³-hybridized carbons (Fsp3) is 0.435. The summed E-state index contributed by atoms with van der Waals surface area (Å²) in [4.78, 5) is 34.5. The van der Waals surface area contributed by atoms with Gasteiger partial charge in [0, 0.05) is 54.9 Å². The average Bonchev–Trinajstić information content (AvgIpc) is 3.18. The number of H-pyrrole nitrogens is 1. The molecule has 150 valence electrons. The van der Waals surface area contributed by atoms with Crippen molar-refractivity contribution >= 4 is 16.8 Å². The van der Waals surface area contributed by atoms with Crippen LogP contribution in [0.2, 0.25) is 0 Å². The van der Waals surface area contributed by atoms with Crippen molar-refractivity contribution in [1.29, 1.82) is 0 Å². The SMILES string of the molecule is O=C(c1cc(=O)[nH]c2ccccc12)N1CCC(c2nccn2CC2CCC2)CC1. The molecule has 0 atom stereocenters. The van der Waals surface area contributed by atoms with E-state index in [-0.39, 0.29) is 11.5 Å². The third-order valence-corrected chi connectivity index (χ3v) is 6.56. The molecule has 3 heterocycles. The maximum Gasteiger partial charge on any atom is 0.254 e. The maximum atomic E-state index is 13.2. The molecule has 0 unspecified atom stereocenters. The standard InChI is InChI=1S/C23H26N4O2/c28-21-14-19(18-6-1-2-7-20(18)25-21)23(29)26-11-8-17(9-12-26)22-24-10-13-27(22)15-16-4-3-5-16/h1-2,6-7,10,13-14,16-17H,3-5,8-9,11-12,15H2,(H,25,28). The number of rotatable bonds is 4. The Labute approximate surface area is 169 Å². The molecule has 1 amide bonds. The van der Waals surface area contributed by atoms with E-state index < -0.39 is 0 Å². The van der Waals surface area contributed by atoms with Gasteiger partial charge in [-0.05, 0) is 37.7 Å². The number of aromatic nitrogens is 3. The van der Waals surface area contributed by atoms with Crippen molar-refractivity contribution in [2.24, 2.45) is 5.92 Å². The Morgan fingerprint density at radius 3 is 2.69 bits per heavy atom. The van der Waals surface area contributed by atoms with Crippen molar-refractivity contribution in [1.82, 2.24) is 19.4 Å². The van der Waals surface area contributed by atoms with Gasteiger partial charge in [-0.3, -0.25) is 9.59 Å². The molecule has 1 saturated carbocycles. The van der Waals surface area contributed by atoms with Gasteiger partial charge in [0.2, 0.25) is 5.56 Å². The van der Waals surface area contributed by atoms with Gasteiger partial charge in [-0.25, -0.2) is 4.98 Å². The quantitative estimate of drug-likeness (QED) is 0.741. The minimum absolute atomic E-state index is 0.0523. The Bertz CT molecular complexity index is 1090. The van der Waals surface area contributed by atoms with E-state index in [0.717, 1.165) is 30.7 Å². The molecule has 0 spiro atoms. The van der Waals surface area contributed by atoms with Gasteiger partial charge in [0.1, 0.15) is 5.82 Å². The number of amides is 1. The van der Waals surface area contributed by atoms with E-state index in [4.69, 9.17) is 0 Å². The van der Waals surface area contributed by atoms with Crippen molar-refractivity contribution in [2.45, 2.75) is 44.6 Å². The Balaban J connectivity index is 1.31. The largest absolute Gasteiger partial charge is 0.339 e. The lowest BCUT2D eigenvalue weighted by molar-refractivity contribution is 0.0711. The lowest BCUT2D eigenvalue weighted by atomic mass is 9.85. The summed E-state index contributed by atoms with van der Waals surface area (Å²) in [6.07, 6.45) is 9.85. The van der Waals surface area contributed by atoms with E-state index in [1.807, 2.05) is 35.4 Å². The number of aromatic amines is 1. The van der Waals surface area contributed by atoms with Crippen LogP contribution in [0.4, 0.5) is 0 Å². The summed E-state index contributed by atoms with van der Waals surface area (Å²) in [5, 5.41) is 0.801. The highest BCUT2D eigenvalue weighted by Gasteiger charge is 2.29. The fourth-order valence-corrected chi connectivity index (χ4v) is 4.68. The van der Waals surface area contributed by atoms with E-state index in [2.05, 4.69) is 20.7 Å². The number of imidazole rings is 1. The van der Waals surface area contributed by atoms with Crippen molar-refractivity contribution in [3.8, 4) is 0 Å².